The second kappa shape index (κ2) is 10.5. The third-order valence-electron chi connectivity index (χ3n) is 4.72. The third-order valence-corrected chi connectivity index (χ3v) is 6.17. The van der Waals surface area contributed by atoms with Crippen LogP contribution in [-0.2, 0) is 4.79 Å². The Hall–Kier alpha value is -3.43. The van der Waals surface area contributed by atoms with Gasteiger partial charge in [0.2, 0.25) is 0 Å². The normalized spacial score (nSPS) is 11.4. The van der Waals surface area contributed by atoms with Crippen LogP contribution in [0.25, 0.3) is 17.1 Å². The molecule has 1 heterocycles. The average molecular weight is 522 g/mol. The second-order valence-electron chi connectivity index (χ2n) is 7.05. The second-order valence-corrected chi connectivity index (χ2v) is 8.91. The van der Waals surface area contributed by atoms with Crippen molar-refractivity contribution in [3.63, 3.8) is 0 Å². The molecule has 4 rings (SSSR count). The van der Waals surface area contributed by atoms with Crippen LogP contribution in [0.15, 0.2) is 93.6 Å². The van der Waals surface area contributed by atoms with E-state index < -0.39 is 0 Å². The Bertz CT molecular complexity index is 1270. The fourth-order valence-electron chi connectivity index (χ4n) is 3.03. The van der Waals surface area contributed by atoms with Crippen molar-refractivity contribution >= 4 is 39.3 Å². The van der Waals surface area contributed by atoms with Gasteiger partial charge in [-0.15, -0.1) is 10.2 Å². The number of carbonyl (C=O) groups excluding carboxylic acids is 1. The van der Waals surface area contributed by atoms with Crippen LogP contribution in [0.4, 0.5) is 0 Å². The first kappa shape index (κ1) is 22.8. The van der Waals surface area contributed by atoms with Crippen LogP contribution in [0.1, 0.15) is 12.5 Å². The highest BCUT2D eigenvalue weighted by atomic mass is 79.9. The number of thioether (sulfide) groups is 1. The number of amides is 1. The topological polar surface area (TPSA) is 92.4 Å². The number of halogens is 1. The minimum absolute atomic E-state index is 0.123. The van der Waals surface area contributed by atoms with Gasteiger partial charge in [0, 0.05) is 15.7 Å². The number of rotatable bonds is 7. The standard InChI is InChI=1S/C24H20BrN5O2S/c1-16(17-9-13-21(31)14-10-17)26-27-22(32)15-33-24-29-28-23(18-7-11-19(25)12-8-18)30(24)20-5-3-2-4-6-20/h2-14,31H,15H2,1H3,(H,27,32)/b26-16-. The van der Waals surface area contributed by atoms with Gasteiger partial charge in [-0.3, -0.25) is 9.36 Å². The molecule has 0 saturated heterocycles. The summed E-state index contributed by atoms with van der Waals surface area (Å²) in [5.74, 6) is 0.734. The molecule has 0 aliphatic rings. The largest absolute Gasteiger partial charge is 0.508 e. The Morgan fingerprint density at radius 2 is 1.73 bits per heavy atom. The van der Waals surface area contributed by atoms with E-state index in [1.54, 1.807) is 31.2 Å². The smallest absolute Gasteiger partial charge is 0.250 e. The molecule has 0 bridgehead atoms. The van der Waals surface area contributed by atoms with Gasteiger partial charge in [-0.25, -0.2) is 5.43 Å². The van der Waals surface area contributed by atoms with E-state index in [1.807, 2.05) is 59.2 Å². The number of phenolic OH excluding ortho intramolecular Hbond substituents is 1. The number of hydrazone groups is 1. The van der Waals surface area contributed by atoms with Crippen molar-refractivity contribution in [3.8, 4) is 22.8 Å². The Morgan fingerprint density at radius 3 is 2.42 bits per heavy atom. The minimum atomic E-state index is -0.258. The van der Waals surface area contributed by atoms with Crippen LogP contribution in [0, 0.1) is 0 Å². The monoisotopic (exact) mass is 521 g/mol. The van der Waals surface area contributed by atoms with Gasteiger partial charge in [-0.2, -0.15) is 5.10 Å². The number of aromatic hydroxyl groups is 1. The minimum Gasteiger partial charge on any atom is -0.508 e. The first-order chi connectivity index (χ1) is 16.0. The number of carbonyl (C=O) groups is 1. The Morgan fingerprint density at radius 1 is 1.03 bits per heavy atom. The summed E-state index contributed by atoms with van der Waals surface area (Å²) in [5, 5.41) is 22.9. The molecule has 0 saturated carbocycles. The molecule has 0 spiro atoms. The first-order valence-electron chi connectivity index (χ1n) is 10.0. The molecule has 3 aromatic carbocycles. The van der Waals surface area contributed by atoms with E-state index in [-0.39, 0.29) is 17.4 Å². The number of nitrogens with zero attached hydrogens (tertiary/aromatic N) is 4. The molecule has 9 heteroatoms. The Labute approximate surface area is 203 Å². The number of benzene rings is 3. The van der Waals surface area contributed by atoms with Crippen molar-refractivity contribution in [3.05, 3.63) is 88.9 Å². The molecule has 0 fully saturated rings. The fraction of sp³-hybridized carbons (Fsp3) is 0.0833. The summed E-state index contributed by atoms with van der Waals surface area (Å²) in [7, 11) is 0. The summed E-state index contributed by atoms with van der Waals surface area (Å²) in [6, 6.07) is 24.3. The highest BCUT2D eigenvalue weighted by molar-refractivity contribution is 9.10. The maximum Gasteiger partial charge on any atom is 0.250 e. The van der Waals surface area contributed by atoms with Crippen molar-refractivity contribution in [2.75, 3.05) is 5.75 Å². The van der Waals surface area contributed by atoms with Crippen molar-refractivity contribution in [1.29, 1.82) is 0 Å². The molecule has 0 radical (unpaired) electrons. The zero-order valence-corrected chi connectivity index (χ0v) is 20.0. The summed E-state index contributed by atoms with van der Waals surface area (Å²) in [6.07, 6.45) is 0. The molecule has 0 unspecified atom stereocenters. The van der Waals surface area contributed by atoms with Crippen LogP contribution in [0.2, 0.25) is 0 Å². The Balaban J connectivity index is 1.51. The van der Waals surface area contributed by atoms with Crippen LogP contribution >= 0.6 is 27.7 Å². The molecule has 0 aliphatic heterocycles. The first-order valence-corrected chi connectivity index (χ1v) is 11.8. The molecule has 0 atom stereocenters. The van der Waals surface area contributed by atoms with E-state index in [1.165, 1.54) is 11.8 Å². The van der Waals surface area contributed by atoms with Gasteiger partial charge >= 0.3 is 0 Å². The van der Waals surface area contributed by atoms with Gasteiger partial charge in [-0.1, -0.05) is 58.0 Å². The molecule has 2 N–H and O–H groups in total. The van der Waals surface area contributed by atoms with E-state index in [0.717, 1.165) is 21.3 Å². The maximum atomic E-state index is 12.4. The molecule has 166 valence electrons. The van der Waals surface area contributed by atoms with Crippen molar-refractivity contribution in [2.45, 2.75) is 12.1 Å². The molecule has 1 aromatic heterocycles. The van der Waals surface area contributed by atoms with Gasteiger partial charge < -0.3 is 5.11 Å². The molecule has 0 aliphatic carbocycles. The van der Waals surface area contributed by atoms with E-state index in [9.17, 15) is 9.90 Å². The van der Waals surface area contributed by atoms with Gasteiger partial charge in [0.1, 0.15) is 5.75 Å². The fourth-order valence-corrected chi connectivity index (χ4v) is 4.04. The predicted octanol–water partition coefficient (Wildman–Crippen LogP) is 5.03. The number of para-hydroxylation sites is 1. The van der Waals surface area contributed by atoms with Gasteiger partial charge in [-0.05, 0) is 61.0 Å². The third kappa shape index (κ3) is 5.68. The highest BCUT2D eigenvalue weighted by Crippen LogP contribution is 2.28. The molecular formula is C24H20BrN5O2S. The van der Waals surface area contributed by atoms with E-state index in [4.69, 9.17) is 0 Å². The summed E-state index contributed by atoms with van der Waals surface area (Å²) in [6.45, 7) is 1.79. The summed E-state index contributed by atoms with van der Waals surface area (Å²) >= 11 is 4.74. The summed E-state index contributed by atoms with van der Waals surface area (Å²) in [5.41, 5.74) is 5.84. The predicted molar refractivity (Wildman–Crippen MR) is 134 cm³/mol. The lowest BCUT2D eigenvalue weighted by Crippen LogP contribution is -2.21. The number of phenols is 1. The summed E-state index contributed by atoms with van der Waals surface area (Å²) < 4.78 is 2.91. The Kier molecular flexibility index (Phi) is 7.21. The zero-order chi connectivity index (χ0) is 23.2. The van der Waals surface area contributed by atoms with Crippen molar-refractivity contribution < 1.29 is 9.90 Å². The van der Waals surface area contributed by atoms with Crippen LogP contribution in [-0.4, -0.2) is 37.2 Å². The van der Waals surface area contributed by atoms with E-state index in [0.29, 0.717) is 16.7 Å². The van der Waals surface area contributed by atoms with E-state index >= 15 is 0 Å². The lowest BCUT2D eigenvalue weighted by Gasteiger charge is -2.10. The quantitative estimate of drug-likeness (QED) is 0.202. The molecular weight excluding hydrogens is 502 g/mol. The van der Waals surface area contributed by atoms with Gasteiger partial charge in [0.15, 0.2) is 11.0 Å². The lowest BCUT2D eigenvalue weighted by atomic mass is 10.1. The SMILES string of the molecule is C/C(=N/NC(=O)CSc1nnc(-c2ccc(Br)cc2)n1-c1ccccc1)c1ccc(O)cc1. The van der Waals surface area contributed by atoms with Gasteiger partial charge in [0.05, 0.1) is 11.5 Å². The number of nitrogens with one attached hydrogen (secondary N) is 1. The molecule has 4 aromatic rings. The molecule has 1 amide bonds. The average Bonchev–Trinajstić information content (AvgIpc) is 3.26. The van der Waals surface area contributed by atoms with E-state index in [2.05, 4.69) is 36.7 Å². The van der Waals surface area contributed by atoms with Crippen LogP contribution in [0.5, 0.6) is 5.75 Å². The highest BCUT2D eigenvalue weighted by Gasteiger charge is 2.17. The van der Waals surface area contributed by atoms with Gasteiger partial charge in [0.25, 0.3) is 5.91 Å². The van der Waals surface area contributed by atoms with Crippen molar-refractivity contribution in [1.82, 2.24) is 20.2 Å². The van der Waals surface area contributed by atoms with Crippen LogP contribution < -0.4 is 5.43 Å². The zero-order valence-electron chi connectivity index (χ0n) is 17.6. The lowest BCUT2D eigenvalue weighted by molar-refractivity contribution is -0.118. The number of hydrogen-bond donors (Lipinski definition) is 2. The van der Waals surface area contributed by atoms with Crippen molar-refractivity contribution in [2.24, 2.45) is 5.10 Å². The summed E-state index contributed by atoms with van der Waals surface area (Å²) in [4.78, 5) is 12.4. The molecule has 33 heavy (non-hydrogen) atoms. The number of hydrogen-bond acceptors (Lipinski definition) is 6. The van der Waals surface area contributed by atoms with Crippen LogP contribution in [0.3, 0.4) is 0 Å². The maximum absolute atomic E-state index is 12.4. The molecule has 7 nitrogen and oxygen atoms in total. The number of aromatic nitrogens is 3.